The summed E-state index contributed by atoms with van der Waals surface area (Å²) in [6, 6.07) is 0. The van der Waals surface area contributed by atoms with Gasteiger partial charge in [0.15, 0.2) is 6.10 Å². The van der Waals surface area contributed by atoms with Gasteiger partial charge in [-0.15, -0.1) is 0 Å². The standard InChI is InChI=1S/C47H74O6/c1-4-7-10-13-16-19-21-23-25-28-31-34-37-40-46(49)52-43-44(42-51-45(48)39-36-33-30-27-18-15-12-9-6-3)53-47(50)41-38-35-32-29-26-24-22-20-17-14-11-8-5-2/h7-14,16-22,27,44H,4-6,15,23-26,28-43H2,1-3H3/b10-7-,11-8-,12-9-,16-13-,17-14-,21-19-,22-20-,27-18-. The number of hydrogen-bond acceptors (Lipinski definition) is 6. The van der Waals surface area contributed by atoms with Gasteiger partial charge in [0.05, 0.1) is 0 Å². The van der Waals surface area contributed by atoms with Crippen molar-refractivity contribution >= 4 is 17.9 Å². The molecule has 0 amide bonds. The van der Waals surface area contributed by atoms with Crippen LogP contribution in [0, 0.1) is 0 Å². The topological polar surface area (TPSA) is 78.9 Å². The molecule has 1 unspecified atom stereocenters. The molecule has 0 aromatic heterocycles. The maximum absolute atomic E-state index is 12.7. The first-order valence-electron chi connectivity index (χ1n) is 20.8. The largest absolute Gasteiger partial charge is 0.462 e. The van der Waals surface area contributed by atoms with Crippen LogP contribution in [-0.2, 0) is 28.6 Å². The van der Waals surface area contributed by atoms with E-state index in [0.29, 0.717) is 19.3 Å². The molecular weight excluding hydrogens is 661 g/mol. The molecule has 0 aliphatic heterocycles. The molecule has 0 aliphatic carbocycles. The van der Waals surface area contributed by atoms with Gasteiger partial charge in [-0.25, -0.2) is 0 Å². The molecule has 0 spiro atoms. The van der Waals surface area contributed by atoms with E-state index in [1.807, 2.05) is 12.2 Å². The molecule has 0 saturated carbocycles. The minimum atomic E-state index is -0.807. The number of carbonyl (C=O) groups is 3. The van der Waals surface area contributed by atoms with Gasteiger partial charge in [0.1, 0.15) is 13.2 Å². The van der Waals surface area contributed by atoms with E-state index in [1.165, 1.54) is 0 Å². The van der Waals surface area contributed by atoms with E-state index < -0.39 is 6.10 Å². The van der Waals surface area contributed by atoms with Gasteiger partial charge < -0.3 is 14.2 Å². The van der Waals surface area contributed by atoms with Gasteiger partial charge in [-0.2, -0.15) is 0 Å². The lowest BCUT2D eigenvalue weighted by Crippen LogP contribution is -2.30. The zero-order valence-electron chi connectivity index (χ0n) is 33.7. The molecule has 0 aromatic carbocycles. The van der Waals surface area contributed by atoms with Crippen molar-refractivity contribution in [3.05, 3.63) is 97.2 Å². The van der Waals surface area contributed by atoms with Crippen molar-refractivity contribution in [1.29, 1.82) is 0 Å². The number of allylic oxidation sites excluding steroid dienone is 16. The van der Waals surface area contributed by atoms with Crippen LogP contribution in [0.3, 0.4) is 0 Å². The summed E-state index contributed by atoms with van der Waals surface area (Å²) in [5, 5.41) is 0. The van der Waals surface area contributed by atoms with E-state index >= 15 is 0 Å². The Labute approximate surface area is 324 Å². The molecule has 6 nitrogen and oxygen atoms in total. The molecular formula is C47H74O6. The van der Waals surface area contributed by atoms with Crippen molar-refractivity contribution in [2.75, 3.05) is 13.2 Å². The highest BCUT2D eigenvalue weighted by atomic mass is 16.6. The Morgan fingerprint density at radius 3 is 1.28 bits per heavy atom. The maximum Gasteiger partial charge on any atom is 0.306 e. The summed E-state index contributed by atoms with van der Waals surface area (Å²) in [4.78, 5) is 37.6. The average molecular weight is 735 g/mol. The first kappa shape index (κ1) is 49.3. The van der Waals surface area contributed by atoms with Crippen LogP contribution in [0.4, 0.5) is 0 Å². The molecule has 0 aromatic rings. The van der Waals surface area contributed by atoms with Gasteiger partial charge in [0, 0.05) is 19.3 Å². The van der Waals surface area contributed by atoms with Gasteiger partial charge in [-0.1, -0.05) is 157 Å². The van der Waals surface area contributed by atoms with Crippen molar-refractivity contribution in [1.82, 2.24) is 0 Å². The van der Waals surface area contributed by atoms with E-state index in [1.54, 1.807) is 0 Å². The summed E-state index contributed by atoms with van der Waals surface area (Å²) in [5.41, 5.74) is 0. The summed E-state index contributed by atoms with van der Waals surface area (Å²) in [6.45, 7) is 6.14. The second kappa shape index (κ2) is 41.1. The van der Waals surface area contributed by atoms with Crippen molar-refractivity contribution in [3.8, 4) is 0 Å². The number of unbranched alkanes of at least 4 members (excludes halogenated alkanes) is 12. The minimum Gasteiger partial charge on any atom is -0.462 e. The Bertz CT molecular complexity index is 1120. The van der Waals surface area contributed by atoms with Crippen molar-refractivity contribution in [3.63, 3.8) is 0 Å². The third-order valence-electron chi connectivity index (χ3n) is 8.19. The molecule has 0 heterocycles. The Hall–Kier alpha value is -3.67. The van der Waals surface area contributed by atoms with Crippen LogP contribution in [0.2, 0.25) is 0 Å². The van der Waals surface area contributed by atoms with Gasteiger partial charge in [0.2, 0.25) is 0 Å². The van der Waals surface area contributed by atoms with Gasteiger partial charge in [-0.3, -0.25) is 14.4 Å². The normalized spacial score (nSPS) is 13.0. The van der Waals surface area contributed by atoms with Crippen molar-refractivity contribution < 1.29 is 28.6 Å². The maximum atomic E-state index is 12.7. The third-order valence-corrected chi connectivity index (χ3v) is 8.19. The highest BCUT2D eigenvalue weighted by Crippen LogP contribution is 2.12. The van der Waals surface area contributed by atoms with E-state index in [2.05, 4.69) is 106 Å². The molecule has 6 heteroatoms. The van der Waals surface area contributed by atoms with Crippen LogP contribution in [0.5, 0.6) is 0 Å². The fourth-order valence-corrected chi connectivity index (χ4v) is 5.12. The molecule has 298 valence electrons. The lowest BCUT2D eigenvalue weighted by atomic mass is 10.1. The van der Waals surface area contributed by atoms with Crippen LogP contribution >= 0.6 is 0 Å². The molecule has 0 rings (SSSR count). The fraction of sp³-hybridized carbons (Fsp3) is 0.596. The van der Waals surface area contributed by atoms with Crippen LogP contribution < -0.4 is 0 Å². The number of esters is 3. The van der Waals surface area contributed by atoms with Crippen LogP contribution in [0.15, 0.2) is 97.2 Å². The average Bonchev–Trinajstić information content (AvgIpc) is 3.15. The first-order chi connectivity index (χ1) is 26.0. The Morgan fingerprint density at radius 2 is 0.774 bits per heavy atom. The van der Waals surface area contributed by atoms with E-state index in [-0.39, 0.29) is 31.1 Å². The second-order valence-corrected chi connectivity index (χ2v) is 13.2. The Morgan fingerprint density at radius 1 is 0.396 bits per heavy atom. The SMILES string of the molecule is CC\C=C/C=C\C=C/CCCCCCCC(=O)OCC(COC(=O)CCCC/C=C\C/C=C\CC)OC(=O)CCCCCCC\C=C/C=C\C=C/CC. The van der Waals surface area contributed by atoms with E-state index in [9.17, 15) is 14.4 Å². The number of ether oxygens (including phenoxy) is 3. The van der Waals surface area contributed by atoms with Crippen LogP contribution in [0.1, 0.15) is 162 Å². The number of carbonyl (C=O) groups excluding carboxylic acids is 3. The molecule has 53 heavy (non-hydrogen) atoms. The fourth-order valence-electron chi connectivity index (χ4n) is 5.12. The second-order valence-electron chi connectivity index (χ2n) is 13.2. The molecule has 0 aliphatic rings. The monoisotopic (exact) mass is 735 g/mol. The van der Waals surface area contributed by atoms with Crippen molar-refractivity contribution in [2.24, 2.45) is 0 Å². The van der Waals surface area contributed by atoms with Gasteiger partial charge in [-0.05, 0) is 83.5 Å². The lowest BCUT2D eigenvalue weighted by molar-refractivity contribution is -0.167. The molecule has 0 fully saturated rings. The number of hydrogen-bond donors (Lipinski definition) is 0. The molecule has 0 N–H and O–H groups in total. The van der Waals surface area contributed by atoms with Gasteiger partial charge in [0.25, 0.3) is 0 Å². The third kappa shape index (κ3) is 39.4. The summed E-state index contributed by atoms with van der Waals surface area (Å²) < 4.78 is 16.6. The predicted molar refractivity (Wildman–Crippen MR) is 224 cm³/mol. The van der Waals surface area contributed by atoms with Crippen LogP contribution in [0.25, 0.3) is 0 Å². The highest BCUT2D eigenvalue weighted by molar-refractivity contribution is 5.71. The van der Waals surface area contributed by atoms with E-state index in [4.69, 9.17) is 14.2 Å². The van der Waals surface area contributed by atoms with E-state index in [0.717, 1.165) is 122 Å². The van der Waals surface area contributed by atoms with Gasteiger partial charge >= 0.3 is 17.9 Å². The zero-order chi connectivity index (χ0) is 38.7. The van der Waals surface area contributed by atoms with Crippen LogP contribution in [-0.4, -0.2) is 37.2 Å². The smallest absolute Gasteiger partial charge is 0.306 e. The minimum absolute atomic E-state index is 0.109. The Kier molecular flexibility index (Phi) is 38.2. The summed E-state index contributed by atoms with van der Waals surface area (Å²) in [5.74, 6) is -1.00. The quantitative estimate of drug-likeness (QED) is 0.0212. The number of rotatable bonds is 35. The molecule has 0 radical (unpaired) electrons. The summed E-state index contributed by atoms with van der Waals surface area (Å²) >= 11 is 0. The zero-order valence-corrected chi connectivity index (χ0v) is 33.7. The predicted octanol–water partition coefficient (Wildman–Crippen LogP) is 13.1. The molecule has 1 atom stereocenters. The lowest BCUT2D eigenvalue weighted by Gasteiger charge is -2.18. The highest BCUT2D eigenvalue weighted by Gasteiger charge is 2.19. The van der Waals surface area contributed by atoms with Crippen molar-refractivity contribution in [2.45, 2.75) is 168 Å². The molecule has 0 saturated heterocycles. The Balaban J connectivity index is 4.50. The first-order valence-corrected chi connectivity index (χ1v) is 20.8. The summed E-state index contributed by atoms with van der Waals surface area (Å²) in [6.07, 6.45) is 52.6. The summed E-state index contributed by atoms with van der Waals surface area (Å²) in [7, 11) is 0. The molecule has 0 bridgehead atoms.